The van der Waals surface area contributed by atoms with Gasteiger partial charge >= 0.3 is 0 Å². The van der Waals surface area contributed by atoms with E-state index in [1.54, 1.807) is 0 Å². The molecule has 0 spiro atoms. The van der Waals surface area contributed by atoms with E-state index in [4.69, 9.17) is 0 Å². The molecule has 29 heavy (non-hydrogen) atoms. The molecule has 0 radical (unpaired) electrons. The molecule has 1 aliphatic carbocycles. The number of nitrogens with one attached hydrogen (secondary N) is 1. The number of hydrogen-bond acceptors (Lipinski definition) is 6. The van der Waals surface area contributed by atoms with Crippen molar-refractivity contribution in [1.29, 1.82) is 0 Å². The molecule has 1 N–H and O–H groups in total. The molecule has 1 saturated heterocycles. The largest absolute Gasteiger partial charge is 0.335 e. The van der Waals surface area contributed by atoms with Crippen LogP contribution in [0.15, 0.2) is 33.9 Å². The van der Waals surface area contributed by atoms with Gasteiger partial charge in [-0.05, 0) is 31.4 Å². The number of benzene rings is 1. The molecule has 156 valence electrons. The minimum atomic E-state index is -3.03. The van der Waals surface area contributed by atoms with Gasteiger partial charge < -0.3 is 4.90 Å². The molecular formula is C19H23BrN4O3S2. The molecule has 0 unspecified atom stereocenters. The van der Waals surface area contributed by atoms with E-state index < -0.39 is 9.84 Å². The first-order valence-corrected chi connectivity index (χ1v) is 13.3. The van der Waals surface area contributed by atoms with Gasteiger partial charge in [-0.2, -0.15) is 0 Å². The van der Waals surface area contributed by atoms with E-state index in [0.29, 0.717) is 17.4 Å². The van der Waals surface area contributed by atoms with Crippen LogP contribution in [0, 0.1) is 0 Å². The van der Waals surface area contributed by atoms with Gasteiger partial charge in [0.15, 0.2) is 15.7 Å². The van der Waals surface area contributed by atoms with Gasteiger partial charge in [0.05, 0.1) is 17.3 Å². The van der Waals surface area contributed by atoms with E-state index in [0.717, 1.165) is 35.7 Å². The average Bonchev–Trinajstić information content (AvgIpc) is 3.43. The molecular weight excluding hydrogens is 476 g/mol. The standard InChI is InChI=1S/C19H23BrN4O3S2/c20-14-7-5-13(6-8-14)18-21-19(23-22-18)28-11-17(25)24(15-3-1-2-4-15)16-9-10-29(26,27)12-16/h5-8,15-16H,1-4,9-12H2,(H,21,22,23)/t16-/m0/s1. The Kier molecular flexibility index (Phi) is 6.31. The lowest BCUT2D eigenvalue weighted by molar-refractivity contribution is -0.132. The molecule has 2 aromatic rings. The number of nitrogens with zero attached hydrogens (tertiary/aromatic N) is 3. The topological polar surface area (TPSA) is 96.0 Å². The van der Waals surface area contributed by atoms with Crippen molar-refractivity contribution in [3.8, 4) is 11.4 Å². The van der Waals surface area contributed by atoms with Crippen molar-refractivity contribution >= 4 is 43.4 Å². The number of thioether (sulfide) groups is 1. The van der Waals surface area contributed by atoms with E-state index in [2.05, 4.69) is 31.1 Å². The molecule has 1 aromatic carbocycles. The predicted molar refractivity (Wildman–Crippen MR) is 116 cm³/mol. The number of aromatic nitrogens is 3. The smallest absolute Gasteiger partial charge is 0.233 e. The molecule has 0 bridgehead atoms. The van der Waals surface area contributed by atoms with Crippen LogP contribution < -0.4 is 0 Å². The van der Waals surface area contributed by atoms with Gasteiger partial charge in [-0.1, -0.05) is 52.7 Å². The number of H-pyrrole nitrogens is 1. The third-order valence-electron chi connectivity index (χ3n) is 5.52. The summed E-state index contributed by atoms with van der Waals surface area (Å²) in [5, 5.41) is 7.64. The number of carbonyl (C=O) groups is 1. The quantitative estimate of drug-likeness (QED) is 0.613. The zero-order valence-corrected chi connectivity index (χ0v) is 19.1. The third kappa shape index (κ3) is 5.03. The van der Waals surface area contributed by atoms with Crippen molar-refractivity contribution in [2.24, 2.45) is 0 Å². The second-order valence-corrected chi connectivity index (χ2v) is 11.6. The van der Waals surface area contributed by atoms with Crippen LogP contribution in [-0.4, -0.2) is 63.7 Å². The lowest BCUT2D eigenvalue weighted by Crippen LogP contribution is -2.47. The van der Waals surface area contributed by atoms with Gasteiger partial charge in [0.1, 0.15) is 0 Å². The Hall–Kier alpha value is -1.39. The van der Waals surface area contributed by atoms with E-state index in [1.165, 1.54) is 11.8 Å². The van der Waals surface area contributed by atoms with Gasteiger partial charge in [-0.15, -0.1) is 5.10 Å². The van der Waals surface area contributed by atoms with E-state index in [1.807, 2.05) is 29.2 Å². The lowest BCUT2D eigenvalue weighted by atomic mass is 10.1. The zero-order valence-electron chi connectivity index (χ0n) is 15.9. The summed E-state index contributed by atoms with van der Waals surface area (Å²) in [6.07, 6.45) is 4.66. The highest BCUT2D eigenvalue weighted by Gasteiger charge is 2.38. The summed E-state index contributed by atoms with van der Waals surface area (Å²) < 4.78 is 24.9. The van der Waals surface area contributed by atoms with Crippen LogP contribution in [0.5, 0.6) is 0 Å². The van der Waals surface area contributed by atoms with Crippen LogP contribution >= 0.6 is 27.7 Å². The summed E-state index contributed by atoms with van der Waals surface area (Å²) in [6, 6.07) is 7.71. The molecule has 1 aromatic heterocycles. The highest BCUT2D eigenvalue weighted by Crippen LogP contribution is 2.30. The lowest BCUT2D eigenvalue weighted by Gasteiger charge is -2.34. The Morgan fingerprint density at radius 3 is 2.55 bits per heavy atom. The number of hydrogen-bond donors (Lipinski definition) is 1. The minimum Gasteiger partial charge on any atom is -0.335 e. The number of amides is 1. The van der Waals surface area contributed by atoms with Crippen molar-refractivity contribution in [2.45, 2.75) is 49.3 Å². The van der Waals surface area contributed by atoms with Crippen LogP contribution in [-0.2, 0) is 14.6 Å². The zero-order chi connectivity index (χ0) is 20.4. The average molecular weight is 499 g/mol. The van der Waals surface area contributed by atoms with Crippen LogP contribution in [0.25, 0.3) is 11.4 Å². The van der Waals surface area contributed by atoms with Crippen LogP contribution in [0.2, 0.25) is 0 Å². The minimum absolute atomic E-state index is 0.0148. The van der Waals surface area contributed by atoms with Crippen molar-refractivity contribution in [1.82, 2.24) is 20.1 Å². The summed E-state index contributed by atoms with van der Waals surface area (Å²) in [6.45, 7) is 0. The molecule has 4 rings (SSSR count). The number of halogens is 1. The van der Waals surface area contributed by atoms with Crippen molar-refractivity contribution in [2.75, 3.05) is 17.3 Å². The summed E-state index contributed by atoms with van der Waals surface area (Å²) in [5.41, 5.74) is 0.919. The third-order valence-corrected chi connectivity index (χ3v) is 8.63. The number of rotatable bonds is 6. The van der Waals surface area contributed by atoms with E-state index in [-0.39, 0.29) is 35.2 Å². The summed E-state index contributed by atoms with van der Waals surface area (Å²) in [7, 11) is -3.03. The molecule has 2 aliphatic rings. The number of sulfone groups is 1. The molecule has 1 saturated carbocycles. The number of carbonyl (C=O) groups excluding carboxylic acids is 1. The van der Waals surface area contributed by atoms with E-state index in [9.17, 15) is 13.2 Å². The molecule has 1 aliphatic heterocycles. The molecule has 2 heterocycles. The molecule has 2 fully saturated rings. The summed E-state index contributed by atoms with van der Waals surface area (Å²) >= 11 is 4.70. The molecule has 7 nitrogen and oxygen atoms in total. The first-order valence-electron chi connectivity index (χ1n) is 9.74. The Bertz CT molecular complexity index is 972. The fraction of sp³-hybridized carbons (Fsp3) is 0.526. The monoisotopic (exact) mass is 498 g/mol. The van der Waals surface area contributed by atoms with Crippen molar-refractivity contribution in [3.05, 3.63) is 28.7 Å². The van der Waals surface area contributed by atoms with Gasteiger partial charge in [0.25, 0.3) is 0 Å². The maximum atomic E-state index is 13.1. The Morgan fingerprint density at radius 2 is 1.90 bits per heavy atom. The maximum Gasteiger partial charge on any atom is 0.233 e. The van der Waals surface area contributed by atoms with Gasteiger partial charge in [-0.25, -0.2) is 13.4 Å². The maximum absolute atomic E-state index is 13.1. The first-order chi connectivity index (χ1) is 13.9. The molecule has 10 heteroatoms. The van der Waals surface area contributed by atoms with Crippen LogP contribution in [0.1, 0.15) is 32.1 Å². The normalized spacial score (nSPS) is 21.5. The molecule has 1 atom stereocenters. The second-order valence-electron chi connectivity index (χ2n) is 7.56. The highest BCUT2D eigenvalue weighted by molar-refractivity contribution is 9.10. The van der Waals surface area contributed by atoms with Gasteiger partial charge in [-0.3, -0.25) is 9.89 Å². The van der Waals surface area contributed by atoms with Crippen molar-refractivity contribution < 1.29 is 13.2 Å². The Morgan fingerprint density at radius 1 is 1.17 bits per heavy atom. The highest BCUT2D eigenvalue weighted by atomic mass is 79.9. The van der Waals surface area contributed by atoms with Gasteiger partial charge in [0.2, 0.25) is 11.1 Å². The summed E-state index contributed by atoms with van der Waals surface area (Å²) in [4.78, 5) is 19.4. The fourth-order valence-electron chi connectivity index (χ4n) is 4.13. The summed E-state index contributed by atoms with van der Waals surface area (Å²) in [5.74, 6) is 1.12. The van der Waals surface area contributed by atoms with E-state index >= 15 is 0 Å². The first kappa shape index (κ1) is 20.9. The van der Waals surface area contributed by atoms with Crippen molar-refractivity contribution in [3.63, 3.8) is 0 Å². The second kappa shape index (κ2) is 8.77. The van der Waals surface area contributed by atoms with Gasteiger partial charge in [0, 0.05) is 22.1 Å². The SMILES string of the molecule is O=C(CSc1n[nH]c(-c2ccc(Br)cc2)n1)N(C1CCCC1)[C@H]1CCS(=O)(=O)C1. The molecule has 1 amide bonds. The predicted octanol–water partition coefficient (Wildman–Crippen LogP) is 3.28. The Balaban J connectivity index is 1.42. The Labute approximate surface area is 183 Å². The van der Waals surface area contributed by atoms with Crippen LogP contribution in [0.4, 0.5) is 0 Å². The fourth-order valence-corrected chi connectivity index (χ4v) is 6.77. The van der Waals surface area contributed by atoms with Crippen LogP contribution in [0.3, 0.4) is 0 Å². The number of aromatic amines is 1.